The number of benzene rings is 2. The molecule has 158 valence electrons. The topological polar surface area (TPSA) is 82.5 Å². The Morgan fingerprint density at radius 3 is 2.44 bits per heavy atom. The van der Waals surface area contributed by atoms with Gasteiger partial charge in [0.2, 0.25) is 11.8 Å². The molecule has 0 aliphatic rings. The highest BCUT2D eigenvalue weighted by Gasteiger charge is 2.19. The third-order valence-electron chi connectivity index (χ3n) is 4.76. The van der Waals surface area contributed by atoms with Crippen molar-refractivity contribution in [2.24, 2.45) is 0 Å². The van der Waals surface area contributed by atoms with Gasteiger partial charge in [-0.25, -0.2) is 0 Å². The highest BCUT2D eigenvalue weighted by molar-refractivity contribution is 7.98. The van der Waals surface area contributed by atoms with Crippen LogP contribution in [0.1, 0.15) is 11.5 Å². The molecular weight excluding hydrogens is 444 g/mol. The van der Waals surface area contributed by atoms with Crippen LogP contribution in [0.3, 0.4) is 0 Å². The van der Waals surface area contributed by atoms with E-state index >= 15 is 0 Å². The van der Waals surface area contributed by atoms with E-state index in [1.807, 2.05) is 72.2 Å². The monoisotopic (exact) mass is 460 g/mol. The van der Waals surface area contributed by atoms with Crippen molar-refractivity contribution < 1.29 is 4.42 Å². The van der Waals surface area contributed by atoms with Crippen LogP contribution in [-0.2, 0) is 5.75 Å². The van der Waals surface area contributed by atoms with Crippen LogP contribution in [0.15, 0.2) is 82.6 Å². The Hall–Kier alpha value is -3.49. The molecule has 0 spiro atoms. The van der Waals surface area contributed by atoms with Crippen LogP contribution in [0, 0.1) is 6.92 Å². The largest absolute Gasteiger partial charge is 0.420 e. The van der Waals surface area contributed by atoms with Gasteiger partial charge in [-0.15, -0.1) is 20.4 Å². The molecule has 9 heteroatoms. The lowest BCUT2D eigenvalue weighted by molar-refractivity contribution is 0.528. The van der Waals surface area contributed by atoms with Crippen LogP contribution in [0.2, 0.25) is 5.02 Å². The van der Waals surface area contributed by atoms with E-state index < -0.39 is 0 Å². The number of hydrogen-bond donors (Lipinski definition) is 0. The van der Waals surface area contributed by atoms with Crippen LogP contribution in [-0.4, -0.2) is 29.9 Å². The average Bonchev–Trinajstić information content (AvgIpc) is 3.46. The second-order valence-electron chi connectivity index (χ2n) is 6.98. The first kappa shape index (κ1) is 20.4. The molecule has 0 amide bonds. The quantitative estimate of drug-likeness (QED) is 0.303. The Labute approximate surface area is 193 Å². The van der Waals surface area contributed by atoms with Gasteiger partial charge in [0.15, 0.2) is 11.0 Å². The molecule has 3 aromatic heterocycles. The van der Waals surface area contributed by atoms with E-state index in [9.17, 15) is 0 Å². The molecule has 7 nitrogen and oxygen atoms in total. The van der Waals surface area contributed by atoms with E-state index in [0.29, 0.717) is 33.5 Å². The minimum atomic E-state index is 0.442. The van der Waals surface area contributed by atoms with Crippen molar-refractivity contribution in [2.75, 3.05) is 0 Å². The van der Waals surface area contributed by atoms with Gasteiger partial charge in [-0.2, -0.15) is 0 Å². The summed E-state index contributed by atoms with van der Waals surface area (Å²) in [6.07, 6.45) is 3.44. The Kier molecular flexibility index (Phi) is 5.70. The number of hydrogen-bond acceptors (Lipinski definition) is 7. The number of aryl methyl sites for hydroxylation is 1. The second-order valence-corrected chi connectivity index (χ2v) is 8.33. The van der Waals surface area contributed by atoms with Crippen molar-refractivity contribution in [3.63, 3.8) is 0 Å². The average molecular weight is 461 g/mol. The van der Waals surface area contributed by atoms with Gasteiger partial charge in [-0.05, 0) is 43.3 Å². The van der Waals surface area contributed by atoms with Crippen molar-refractivity contribution in [3.05, 3.63) is 89.5 Å². The summed E-state index contributed by atoms with van der Waals surface area (Å²) in [6, 6.07) is 19.3. The summed E-state index contributed by atoms with van der Waals surface area (Å²) in [5, 5.41) is 18.5. The number of para-hydroxylation sites is 1. The van der Waals surface area contributed by atoms with Crippen LogP contribution < -0.4 is 0 Å². The second kappa shape index (κ2) is 8.94. The lowest BCUT2D eigenvalue weighted by Crippen LogP contribution is -2.00. The molecule has 0 saturated carbocycles. The van der Waals surface area contributed by atoms with Crippen LogP contribution >= 0.6 is 23.4 Å². The normalized spacial score (nSPS) is 11.1. The first-order valence-electron chi connectivity index (χ1n) is 9.82. The lowest BCUT2D eigenvalue weighted by atomic mass is 10.1. The van der Waals surface area contributed by atoms with E-state index in [1.165, 1.54) is 17.3 Å². The predicted molar refractivity (Wildman–Crippen MR) is 124 cm³/mol. The molecule has 0 saturated heterocycles. The van der Waals surface area contributed by atoms with Gasteiger partial charge in [-0.1, -0.05) is 53.2 Å². The fourth-order valence-corrected chi connectivity index (χ4v) is 4.15. The maximum absolute atomic E-state index is 6.51. The molecule has 3 heterocycles. The fraction of sp³-hybridized carbons (Fsp3) is 0.0870. The van der Waals surface area contributed by atoms with E-state index in [2.05, 4.69) is 25.4 Å². The zero-order chi connectivity index (χ0) is 21.9. The van der Waals surface area contributed by atoms with Gasteiger partial charge in [0.05, 0.1) is 16.5 Å². The molecule has 0 atom stereocenters. The van der Waals surface area contributed by atoms with Crippen molar-refractivity contribution >= 4 is 23.4 Å². The summed E-state index contributed by atoms with van der Waals surface area (Å²) in [4.78, 5) is 4.09. The first-order chi connectivity index (χ1) is 15.7. The summed E-state index contributed by atoms with van der Waals surface area (Å²) in [7, 11) is 0. The van der Waals surface area contributed by atoms with Gasteiger partial charge >= 0.3 is 0 Å². The van der Waals surface area contributed by atoms with E-state index in [0.717, 1.165) is 16.8 Å². The molecule has 0 N–H and O–H groups in total. The smallest absolute Gasteiger partial charge is 0.247 e. The maximum atomic E-state index is 6.51. The first-order valence-corrected chi connectivity index (χ1v) is 11.2. The number of thioether (sulfide) groups is 1. The molecule has 0 aliphatic heterocycles. The van der Waals surface area contributed by atoms with Crippen molar-refractivity contribution in [3.8, 4) is 28.5 Å². The molecule has 5 rings (SSSR count). The molecule has 0 unspecified atom stereocenters. The van der Waals surface area contributed by atoms with Crippen molar-refractivity contribution in [2.45, 2.75) is 17.8 Å². The molecular formula is C23H17ClN6OS. The Balaban J connectivity index is 1.45. The van der Waals surface area contributed by atoms with Crippen LogP contribution in [0.5, 0.6) is 0 Å². The minimum absolute atomic E-state index is 0.442. The molecule has 0 fully saturated rings. The van der Waals surface area contributed by atoms with Gasteiger partial charge < -0.3 is 4.42 Å². The maximum Gasteiger partial charge on any atom is 0.247 e. The minimum Gasteiger partial charge on any atom is -0.420 e. The van der Waals surface area contributed by atoms with Crippen LogP contribution in [0.25, 0.3) is 28.5 Å². The Morgan fingerprint density at radius 2 is 1.66 bits per heavy atom. The molecule has 5 aromatic rings. The van der Waals surface area contributed by atoms with Crippen molar-refractivity contribution in [1.29, 1.82) is 0 Å². The number of nitrogens with zero attached hydrogens (tertiary/aromatic N) is 6. The molecule has 0 bridgehead atoms. The third-order valence-corrected chi connectivity index (χ3v) is 5.99. The SMILES string of the molecule is Cc1ccc(-c2nnc(CSc3nnc(-c4ccncc4)n3-c3ccccc3Cl)o2)cc1. The molecule has 2 aromatic carbocycles. The summed E-state index contributed by atoms with van der Waals surface area (Å²) in [5.74, 6) is 2.11. The number of rotatable bonds is 6. The summed E-state index contributed by atoms with van der Waals surface area (Å²) >= 11 is 7.96. The molecule has 0 aliphatic carbocycles. The van der Waals surface area contributed by atoms with Gasteiger partial charge in [-0.3, -0.25) is 9.55 Å². The van der Waals surface area contributed by atoms with E-state index in [1.54, 1.807) is 12.4 Å². The van der Waals surface area contributed by atoms with Gasteiger partial charge in [0.25, 0.3) is 0 Å². The zero-order valence-corrected chi connectivity index (χ0v) is 18.6. The Bertz CT molecular complexity index is 1350. The van der Waals surface area contributed by atoms with Gasteiger partial charge in [0.1, 0.15) is 0 Å². The summed E-state index contributed by atoms with van der Waals surface area (Å²) in [6.45, 7) is 2.04. The predicted octanol–water partition coefficient (Wildman–Crippen LogP) is 5.63. The van der Waals surface area contributed by atoms with Crippen molar-refractivity contribution in [1.82, 2.24) is 29.9 Å². The van der Waals surface area contributed by atoms with Gasteiger partial charge in [0, 0.05) is 23.5 Å². The third kappa shape index (κ3) is 4.15. The summed E-state index contributed by atoms with van der Waals surface area (Å²) < 4.78 is 7.79. The summed E-state index contributed by atoms with van der Waals surface area (Å²) in [5.41, 5.74) is 3.74. The highest BCUT2D eigenvalue weighted by atomic mass is 35.5. The molecule has 0 radical (unpaired) electrons. The molecule has 32 heavy (non-hydrogen) atoms. The standard InChI is InChI=1S/C23H17ClN6OS/c1-15-6-8-17(9-7-15)22-28-26-20(31-22)14-32-23-29-27-21(16-10-12-25-13-11-16)30(23)19-5-3-2-4-18(19)24/h2-13H,14H2,1H3. The van der Waals surface area contributed by atoms with Crippen LogP contribution in [0.4, 0.5) is 0 Å². The lowest BCUT2D eigenvalue weighted by Gasteiger charge is -2.11. The highest BCUT2D eigenvalue weighted by Crippen LogP contribution is 2.32. The number of pyridine rings is 1. The zero-order valence-electron chi connectivity index (χ0n) is 17.0. The van der Waals surface area contributed by atoms with E-state index in [4.69, 9.17) is 16.0 Å². The fourth-order valence-electron chi connectivity index (χ4n) is 3.15. The number of aromatic nitrogens is 6. The van der Waals surface area contributed by atoms with E-state index in [-0.39, 0.29) is 0 Å². The Morgan fingerprint density at radius 1 is 0.875 bits per heavy atom. The number of halogens is 1.